The molecule has 0 aromatic heterocycles. The number of carbonyl (C=O) groups excluding carboxylic acids is 1. The number of aromatic carboxylic acids is 1. The number of carboxylic acid groups (broad SMARTS) is 1. The summed E-state index contributed by atoms with van der Waals surface area (Å²) in [6.07, 6.45) is 1.79. The van der Waals surface area contributed by atoms with Gasteiger partial charge in [0.25, 0.3) is 5.91 Å². The third-order valence-electron chi connectivity index (χ3n) is 3.91. The molecule has 0 saturated carbocycles. The molecule has 0 radical (unpaired) electrons. The number of hydrogen-bond donors (Lipinski definition) is 1. The highest BCUT2D eigenvalue weighted by Gasteiger charge is 2.33. The van der Waals surface area contributed by atoms with Crippen molar-refractivity contribution in [2.24, 2.45) is 0 Å². The van der Waals surface area contributed by atoms with Gasteiger partial charge in [-0.15, -0.1) is 0 Å². The van der Waals surface area contributed by atoms with Crippen molar-refractivity contribution in [1.29, 1.82) is 0 Å². The van der Waals surface area contributed by atoms with Gasteiger partial charge >= 0.3 is 5.97 Å². The SMILES string of the molecule is COc1ccc(C=C2SC(=S)N(c3cccc(C(=O)O)c3)C2=O)c(C)c1. The standard InChI is InChI=1S/C19H15NO4S2/c1-11-8-15(24-2)7-6-12(11)10-16-17(21)20(19(25)26-16)14-5-3-4-13(9-14)18(22)23/h3-10H,1-2H3,(H,22,23). The summed E-state index contributed by atoms with van der Waals surface area (Å²) in [7, 11) is 1.60. The number of rotatable bonds is 4. The molecule has 1 N–H and O–H groups in total. The number of thiocarbonyl (C=S) groups is 1. The highest BCUT2D eigenvalue weighted by Crippen LogP contribution is 2.36. The maximum Gasteiger partial charge on any atom is 0.335 e. The molecule has 132 valence electrons. The van der Waals surface area contributed by atoms with Crippen LogP contribution in [0.4, 0.5) is 5.69 Å². The van der Waals surface area contributed by atoms with Gasteiger partial charge in [0.2, 0.25) is 0 Å². The monoisotopic (exact) mass is 385 g/mol. The van der Waals surface area contributed by atoms with Crippen LogP contribution in [0.25, 0.3) is 6.08 Å². The van der Waals surface area contributed by atoms with Crippen molar-refractivity contribution >= 4 is 51.9 Å². The molecule has 1 heterocycles. The lowest BCUT2D eigenvalue weighted by molar-refractivity contribution is -0.113. The highest BCUT2D eigenvalue weighted by molar-refractivity contribution is 8.27. The second kappa shape index (κ2) is 7.31. The molecule has 0 aliphatic carbocycles. The van der Waals surface area contributed by atoms with E-state index in [9.17, 15) is 9.59 Å². The zero-order valence-corrected chi connectivity index (χ0v) is 15.7. The van der Waals surface area contributed by atoms with E-state index < -0.39 is 5.97 Å². The molecule has 1 fully saturated rings. The molecule has 0 bridgehead atoms. The van der Waals surface area contributed by atoms with Crippen molar-refractivity contribution in [3.8, 4) is 5.75 Å². The third kappa shape index (κ3) is 3.49. The maximum atomic E-state index is 12.8. The first kappa shape index (κ1) is 18.2. The average Bonchev–Trinajstić information content (AvgIpc) is 2.90. The molecule has 26 heavy (non-hydrogen) atoms. The quantitative estimate of drug-likeness (QED) is 0.631. The molecular formula is C19H15NO4S2. The smallest absolute Gasteiger partial charge is 0.335 e. The second-order valence-electron chi connectivity index (χ2n) is 5.60. The molecule has 0 spiro atoms. The summed E-state index contributed by atoms with van der Waals surface area (Å²) >= 11 is 6.53. The van der Waals surface area contributed by atoms with E-state index >= 15 is 0 Å². The van der Waals surface area contributed by atoms with Crippen LogP contribution in [0.1, 0.15) is 21.5 Å². The van der Waals surface area contributed by atoms with Gasteiger partial charge in [0.05, 0.1) is 23.3 Å². The molecule has 1 amide bonds. The summed E-state index contributed by atoms with van der Waals surface area (Å²) in [5, 5.41) is 9.14. The summed E-state index contributed by atoms with van der Waals surface area (Å²) in [5.74, 6) is -0.572. The van der Waals surface area contributed by atoms with Crippen LogP contribution in [-0.2, 0) is 4.79 Å². The molecule has 5 nitrogen and oxygen atoms in total. The van der Waals surface area contributed by atoms with E-state index in [4.69, 9.17) is 22.1 Å². The van der Waals surface area contributed by atoms with Crippen molar-refractivity contribution in [1.82, 2.24) is 0 Å². The molecule has 3 rings (SSSR count). The zero-order valence-electron chi connectivity index (χ0n) is 14.1. The van der Waals surface area contributed by atoms with Crippen molar-refractivity contribution in [3.05, 3.63) is 64.1 Å². The summed E-state index contributed by atoms with van der Waals surface area (Å²) in [5.41, 5.74) is 2.42. The fraction of sp³-hybridized carbons (Fsp3) is 0.105. The van der Waals surface area contributed by atoms with E-state index in [1.165, 1.54) is 28.8 Å². The lowest BCUT2D eigenvalue weighted by Gasteiger charge is -2.14. The van der Waals surface area contributed by atoms with Crippen LogP contribution >= 0.6 is 24.0 Å². The van der Waals surface area contributed by atoms with Gasteiger partial charge in [-0.2, -0.15) is 0 Å². The molecule has 0 unspecified atom stereocenters. The number of aryl methyl sites for hydroxylation is 1. The first-order valence-electron chi connectivity index (χ1n) is 7.66. The van der Waals surface area contributed by atoms with E-state index in [1.54, 1.807) is 25.3 Å². The zero-order chi connectivity index (χ0) is 18.8. The average molecular weight is 385 g/mol. The Labute approximate surface area is 160 Å². The number of carboxylic acids is 1. The molecule has 1 aliphatic heterocycles. The van der Waals surface area contributed by atoms with Crippen LogP contribution in [0.3, 0.4) is 0 Å². The molecule has 1 saturated heterocycles. The minimum Gasteiger partial charge on any atom is -0.497 e. The van der Waals surface area contributed by atoms with Crippen LogP contribution in [0.15, 0.2) is 47.4 Å². The predicted molar refractivity (Wildman–Crippen MR) is 107 cm³/mol. The fourth-order valence-corrected chi connectivity index (χ4v) is 3.84. The molecule has 2 aromatic carbocycles. The largest absolute Gasteiger partial charge is 0.497 e. The summed E-state index contributed by atoms with van der Waals surface area (Å²) in [4.78, 5) is 25.8. The first-order chi connectivity index (χ1) is 12.4. The van der Waals surface area contributed by atoms with Gasteiger partial charge in [-0.3, -0.25) is 9.69 Å². The Morgan fingerprint density at radius 2 is 2.04 bits per heavy atom. The highest BCUT2D eigenvalue weighted by atomic mass is 32.2. The minimum atomic E-state index is -1.05. The molecule has 1 aliphatic rings. The third-order valence-corrected chi connectivity index (χ3v) is 5.21. The van der Waals surface area contributed by atoms with E-state index in [-0.39, 0.29) is 11.5 Å². The van der Waals surface area contributed by atoms with E-state index in [0.717, 1.165) is 16.9 Å². The van der Waals surface area contributed by atoms with Gasteiger partial charge < -0.3 is 9.84 Å². The van der Waals surface area contributed by atoms with Gasteiger partial charge in [-0.1, -0.05) is 36.1 Å². The van der Waals surface area contributed by atoms with E-state index in [0.29, 0.717) is 14.9 Å². The Morgan fingerprint density at radius 3 is 2.69 bits per heavy atom. The van der Waals surface area contributed by atoms with Crippen LogP contribution < -0.4 is 9.64 Å². The van der Waals surface area contributed by atoms with Crippen molar-refractivity contribution in [2.45, 2.75) is 6.92 Å². The first-order valence-corrected chi connectivity index (χ1v) is 8.89. The number of methoxy groups -OCH3 is 1. The van der Waals surface area contributed by atoms with Gasteiger partial charge in [-0.05, 0) is 54.5 Å². The van der Waals surface area contributed by atoms with Gasteiger partial charge in [0, 0.05) is 0 Å². The number of benzene rings is 2. The Bertz CT molecular complexity index is 952. The molecule has 0 atom stereocenters. The number of anilines is 1. The minimum absolute atomic E-state index is 0.103. The van der Waals surface area contributed by atoms with Crippen LogP contribution in [0.5, 0.6) is 5.75 Å². The predicted octanol–water partition coefficient (Wildman–Crippen LogP) is 4.11. The van der Waals surface area contributed by atoms with Gasteiger partial charge in [0.15, 0.2) is 4.32 Å². The molecule has 7 heteroatoms. The number of ether oxygens (including phenoxy) is 1. The van der Waals surface area contributed by atoms with Gasteiger partial charge in [0.1, 0.15) is 5.75 Å². The number of amides is 1. The van der Waals surface area contributed by atoms with Crippen molar-refractivity contribution < 1.29 is 19.4 Å². The fourth-order valence-electron chi connectivity index (χ4n) is 2.55. The molecule has 2 aromatic rings. The molecular weight excluding hydrogens is 370 g/mol. The van der Waals surface area contributed by atoms with E-state index in [2.05, 4.69) is 0 Å². The normalized spacial score (nSPS) is 15.6. The van der Waals surface area contributed by atoms with Crippen molar-refractivity contribution in [3.63, 3.8) is 0 Å². The Hall–Kier alpha value is -2.64. The number of nitrogens with zero attached hydrogens (tertiary/aromatic N) is 1. The topological polar surface area (TPSA) is 66.8 Å². The Morgan fingerprint density at radius 1 is 1.27 bits per heavy atom. The number of thioether (sulfide) groups is 1. The van der Waals surface area contributed by atoms with Crippen molar-refractivity contribution in [2.75, 3.05) is 12.0 Å². The Kier molecular flexibility index (Phi) is 5.11. The number of carbonyl (C=O) groups is 2. The number of hydrogen-bond acceptors (Lipinski definition) is 5. The Balaban J connectivity index is 1.94. The van der Waals surface area contributed by atoms with Crippen LogP contribution in [0, 0.1) is 6.92 Å². The van der Waals surface area contributed by atoms with Crippen LogP contribution in [-0.4, -0.2) is 28.4 Å². The summed E-state index contributed by atoms with van der Waals surface area (Å²) in [6, 6.07) is 11.8. The van der Waals surface area contributed by atoms with Gasteiger partial charge in [-0.25, -0.2) is 4.79 Å². The van der Waals surface area contributed by atoms with Crippen LogP contribution in [0.2, 0.25) is 0 Å². The summed E-state index contributed by atoms with van der Waals surface area (Å²) in [6.45, 7) is 1.94. The lowest BCUT2D eigenvalue weighted by Crippen LogP contribution is -2.27. The maximum absolute atomic E-state index is 12.8. The lowest BCUT2D eigenvalue weighted by atomic mass is 10.1. The van der Waals surface area contributed by atoms with E-state index in [1.807, 2.05) is 25.1 Å². The summed E-state index contributed by atoms with van der Waals surface area (Å²) < 4.78 is 5.56. The second-order valence-corrected chi connectivity index (χ2v) is 7.27.